The van der Waals surface area contributed by atoms with Gasteiger partial charge in [-0.05, 0) is 40.1 Å². The molecule has 0 aliphatic heterocycles. The Bertz CT molecular complexity index is 995. The van der Waals surface area contributed by atoms with E-state index in [1.807, 2.05) is 30.3 Å². The zero-order valence-corrected chi connectivity index (χ0v) is 13.5. The maximum atomic E-state index is 11.2. The monoisotopic (exact) mass is 328 g/mol. The molecular formula is C21H16N2O2. The van der Waals surface area contributed by atoms with Crippen LogP contribution >= 0.6 is 0 Å². The van der Waals surface area contributed by atoms with Crippen LogP contribution in [-0.2, 0) is 11.4 Å². The van der Waals surface area contributed by atoms with Crippen LogP contribution in [0.1, 0.15) is 11.1 Å². The lowest BCUT2D eigenvalue weighted by atomic mass is 10.1. The molecule has 122 valence electrons. The number of nitrogens with two attached hydrogens (primary N) is 1. The summed E-state index contributed by atoms with van der Waals surface area (Å²) in [4.78, 5) is 11.2. The Morgan fingerprint density at radius 3 is 2.64 bits per heavy atom. The van der Waals surface area contributed by atoms with Crippen molar-refractivity contribution in [2.45, 2.75) is 6.61 Å². The summed E-state index contributed by atoms with van der Waals surface area (Å²) in [5, 5.41) is 11.3. The number of nitriles is 1. The van der Waals surface area contributed by atoms with Gasteiger partial charge in [0.05, 0.1) is 0 Å². The van der Waals surface area contributed by atoms with E-state index in [1.165, 1.54) is 11.5 Å². The van der Waals surface area contributed by atoms with Gasteiger partial charge in [-0.2, -0.15) is 5.26 Å². The fourth-order valence-corrected chi connectivity index (χ4v) is 2.60. The molecule has 0 heterocycles. The Kier molecular flexibility index (Phi) is 4.77. The minimum Gasteiger partial charge on any atom is -0.489 e. The molecule has 3 rings (SSSR count). The summed E-state index contributed by atoms with van der Waals surface area (Å²) in [6.45, 7) is 0.426. The first-order valence-electron chi connectivity index (χ1n) is 7.78. The van der Waals surface area contributed by atoms with Crippen LogP contribution in [0.5, 0.6) is 5.75 Å². The van der Waals surface area contributed by atoms with Gasteiger partial charge in [-0.25, -0.2) is 0 Å². The van der Waals surface area contributed by atoms with Crippen molar-refractivity contribution in [1.29, 1.82) is 5.26 Å². The van der Waals surface area contributed by atoms with Gasteiger partial charge in [0.25, 0.3) is 5.91 Å². The Morgan fingerprint density at radius 1 is 1.08 bits per heavy atom. The van der Waals surface area contributed by atoms with Crippen LogP contribution in [0.15, 0.2) is 72.3 Å². The lowest BCUT2D eigenvalue weighted by Crippen LogP contribution is -2.12. The van der Waals surface area contributed by atoms with Crippen LogP contribution in [0.3, 0.4) is 0 Å². The second kappa shape index (κ2) is 7.33. The molecule has 0 aromatic heterocycles. The third-order valence-electron chi connectivity index (χ3n) is 3.83. The molecule has 4 nitrogen and oxygen atoms in total. The van der Waals surface area contributed by atoms with Crippen LogP contribution < -0.4 is 10.5 Å². The number of hydrogen-bond acceptors (Lipinski definition) is 3. The van der Waals surface area contributed by atoms with E-state index in [0.717, 1.165) is 10.9 Å². The molecule has 0 unspecified atom stereocenters. The van der Waals surface area contributed by atoms with E-state index in [0.29, 0.717) is 17.9 Å². The van der Waals surface area contributed by atoms with Crippen molar-refractivity contribution in [3.05, 3.63) is 83.4 Å². The number of nitrogens with zero attached hydrogens (tertiary/aromatic N) is 1. The smallest absolute Gasteiger partial charge is 0.259 e. The zero-order valence-electron chi connectivity index (χ0n) is 13.5. The van der Waals surface area contributed by atoms with E-state index in [-0.39, 0.29) is 5.57 Å². The van der Waals surface area contributed by atoms with Gasteiger partial charge in [-0.1, -0.05) is 54.6 Å². The van der Waals surface area contributed by atoms with Crippen molar-refractivity contribution < 1.29 is 9.53 Å². The highest BCUT2D eigenvalue weighted by molar-refractivity contribution is 6.00. The molecule has 3 aromatic carbocycles. The maximum absolute atomic E-state index is 11.2. The van der Waals surface area contributed by atoms with E-state index in [1.54, 1.807) is 24.3 Å². The first-order chi connectivity index (χ1) is 12.2. The number of primary amides is 1. The quantitative estimate of drug-likeness (QED) is 0.571. The lowest BCUT2D eigenvalue weighted by molar-refractivity contribution is -0.114. The number of hydrogen-bond donors (Lipinski definition) is 1. The van der Waals surface area contributed by atoms with Crippen LogP contribution in [0, 0.1) is 11.3 Å². The topological polar surface area (TPSA) is 76.1 Å². The molecule has 0 saturated heterocycles. The minimum atomic E-state index is -0.746. The third kappa shape index (κ3) is 3.85. The van der Waals surface area contributed by atoms with E-state index in [4.69, 9.17) is 15.7 Å². The Labute approximate surface area is 145 Å². The second-order valence-corrected chi connectivity index (χ2v) is 5.53. The van der Waals surface area contributed by atoms with Crippen LogP contribution in [0.4, 0.5) is 0 Å². The number of ether oxygens (including phenoxy) is 1. The summed E-state index contributed by atoms with van der Waals surface area (Å²) in [5.41, 5.74) is 6.85. The number of carbonyl (C=O) groups excluding carboxylic acids is 1. The highest BCUT2D eigenvalue weighted by Crippen LogP contribution is 2.22. The molecule has 25 heavy (non-hydrogen) atoms. The van der Waals surface area contributed by atoms with E-state index >= 15 is 0 Å². The molecule has 0 saturated carbocycles. The number of amides is 1. The van der Waals surface area contributed by atoms with E-state index in [9.17, 15) is 4.79 Å². The van der Waals surface area contributed by atoms with Crippen LogP contribution in [0.25, 0.3) is 16.8 Å². The predicted octanol–water partition coefficient (Wildman–Crippen LogP) is 3.81. The molecule has 2 N–H and O–H groups in total. The maximum Gasteiger partial charge on any atom is 0.259 e. The molecule has 0 fully saturated rings. The third-order valence-corrected chi connectivity index (χ3v) is 3.83. The summed E-state index contributed by atoms with van der Waals surface area (Å²) in [5.74, 6) is -0.0898. The van der Waals surface area contributed by atoms with Gasteiger partial charge in [-0.3, -0.25) is 4.79 Å². The zero-order chi connectivity index (χ0) is 17.6. The molecule has 0 aliphatic carbocycles. The first-order valence-corrected chi connectivity index (χ1v) is 7.78. The Morgan fingerprint density at radius 2 is 1.84 bits per heavy atom. The van der Waals surface area contributed by atoms with Gasteiger partial charge in [0, 0.05) is 0 Å². The molecule has 4 heteroatoms. The molecule has 0 radical (unpaired) electrons. The van der Waals surface area contributed by atoms with E-state index < -0.39 is 5.91 Å². The summed E-state index contributed by atoms with van der Waals surface area (Å²) < 4.78 is 5.89. The largest absolute Gasteiger partial charge is 0.489 e. The fourth-order valence-electron chi connectivity index (χ4n) is 2.60. The second-order valence-electron chi connectivity index (χ2n) is 5.53. The highest BCUT2D eigenvalue weighted by atomic mass is 16.5. The van der Waals surface area contributed by atoms with Crippen molar-refractivity contribution >= 4 is 22.8 Å². The Balaban J connectivity index is 1.81. The highest BCUT2D eigenvalue weighted by Gasteiger charge is 2.05. The molecule has 0 aliphatic rings. The number of fused-ring (bicyclic) bond motifs is 1. The number of benzene rings is 3. The molecule has 0 bridgehead atoms. The van der Waals surface area contributed by atoms with Crippen molar-refractivity contribution in [2.75, 3.05) is 0 Å². The van der Waals surface area contributed by atoms with Crippen molar-refractivity contribution in [3.63, 3.8) is 0 Å². The molecule has 0 spiro atoms. The SMILES string of the molecule is N#CC(=Cc1cccc(OCc2cccc3ccccc23)c1)C(N)=O. The van der Waals surface area contributed by atoms with Crippen molar-refractivity contribution in [3.8, 4) is 11.8 Å². The van der Waals surface area contributed by atoms with Gasteiger partial charge in [0.2, 0.25) is 0 Å². The summed E-state index contributed by atoms with van der Waals surface area (Å²) >= 11 is 0. The average molecular weight is 328 g/mol. The molecule has 0 atom stereocenters. The molecular weight excluding hydrogens is 312 g/mol. The van der Waals surface area contributed by atoms with Gasteiger partial charge in [0.15, 0.2) is 0 Å². The molecule has 1 amide bonds. The van der Waals surface area contributed by atoms with Gasteiger partial charge in [0.1, 0.15) is 24.0 Å². The standard InChI is InChI=1S/C21H16N2O2/c22-13-18(21(23)24)11-15-5-3-9-19(12-15)25-14-17-8-4-7-16-6-1-2-10-20(16)17/h1-12H,14H2,(H2,23,24). The fraction of sp³-hybridized carbons (Fsp3) is 0.0476. The van der Waals surface area contributed by atoms with Crippen molar-refractivity contribution in [1.82, 2.24) is 0 Å². The number of carbonyl (C=O) groups is 1. The van der Waals surface area contributed by atoms with Crippen LogP contribution in [-0.4, -0.2) is 5.91 Å². The summed E-state index contributed by atoms with van der Waals surface area (Å²) in [6.07, 6.45) is 1.45. The summed E-state index contributed by atoms with van der Waals surface area (Å²) in [7, 11) is 0. The van der Waals surface area contributed by atoms with E-state index in [2.05, 4.69) is 18.2 Å². The predicted molar refractivity (Wildman–Crippen MR) is 97.5 cm³/mol. The van der Waals surface area contributed by atoms with Gasteiger partial charge >= 0.3 is 0 Å². The Hall–Kier alpha value is -3.58. The average Bonchev–Trinajstić information content (AvgIpc) is 2.64. The summed E-state index contributed by atoms with van der Waals surface area (Å²) in [6, 6.07) is 23.2. The normalized spacial score (nSPS) is 11.1. The number of rotatable bonds is 5. The lowest BCUT2D eigenvalue weighted by Gasteiger charge is -2.09. The minimum absolute atomic E-state index is 0.0915. The van der Waals surface area contributed by atoms with Gasteiger partial charge in [-0.15, -0.1) is 0 Å². The van der Waals surface area contributed by atoms with Crippen molar-refractivity contribution in [2.24, 2.45) is 5.73 Å². The first kappa shape index (κ1) is 16.3. The molecule has 3 aromatic rings. The van der Waals surface area contributed by atoms with Gasteiger partial charge < -0.3 is 10.5 Å². The van der Waals surface area contributed by atoms with Crippen LogP contribution in [0.2, 0.25) is 0 Å².